The number of nitrogens with zero attached hydrogens (tertiary/aromatic N) is 1. The number of hydrogen-bond donors (Lipinski definition) is 1. The van der Waals surface area contributed by atoms with Crippen LogP contribution in [-0.4, -0.2) is 14.0 Å². The van der Waals surface area contributed by atoms with Gasteiger partial charge in [0, 0.05) is 11.1 Å². The topological polar surface area (TPSA) is 48.1 Å². The third-order valence-electron chi connectivity index (χ3n) is 3.20. The number of fused-ring (bicyclic) bond motifs is 1. The van der Waals surface area contributed by atoms with Crippen molar-refractivity contribution in [3.05, 3.63) is 36.0 Å². The highest BCUT2D eigenvalue weighted by Crippen LogP contribution is 2.36. The van der Waals surface area contributed by atoms with Gasteiger partial charge in [-0.05, 0) is 42.8 Å². The minimum absolute atomic E-state index is 0.0335. The summed E-state index contributed by atoms with van der Waals surface area (Å²) < 4.78 is 6.23. The van der Waals surface area contributed by atoms with E-state index in [9.17, 15) is 0 Å². The van der Waals surface area contributed by atoms with E-state index in [1.54, 1.807) is 0 Å². The Balaban J connectivity index is 2.45. The van der Waals surface area contributed by atoms with Crippen molar-refractivity contribution in [1.82, 2.24) is 4.98 Å². The molecule has 2 aromatic rings. The monoisotopic (exact) mass is 288 g/mol. The van der Waals surface area contributed by atoms with Crippen LogP contribution < -0.4 is 5.73 Å². The number of hydrogen-bond acceptors (Lipinski definition) is 3. The van der Waals surface area contributed by atoms with Gasteiger partial charge < -0.3 is 10.2 Å². The first-order valence-electron chi connectivity index (χ1n) is 7.09. The molecule has 1 aromatic carbocycles. The Morgan fingerprint density at radius 3 is 2.45 bits per heavy atom. The van der Waals surface area contributed by atoms with E-state index in [4.69, 9.17) is 15.1 Å². The Kier molecular flexibility index (Phi) is 4.16. The van der Waals surface area contributed by atoms with Gasteiger partial charge in [0.2, 0.25) is 0 Å². The van der Waals surface area contributed by atoms with Crippen LogP contribution in [0.1, 0.15) is 32.6 Å². The molecule has 4 heteroatoms. The van der Waals surface area contributed by atoms with Crippen molar-refractivity contribution in [2.45, 2.75) is 40.0 Å². The number of nitrogen functional groups attached to an aromatic ring is 1. The van der Waals surface area contributed by atoms with Crippen LogP contribution in [0.25, 0.3) is 10.9 Å². The second-order valence-electron chi connectivity index (χ2n) is 6.62. The number of pyridine rings is 1. The van der Waals surface area contributed by atoms with E-state index in [2.05, 4.69) is 46.0 Å². The summed E-state index contributed by atoms with van der Waals surface area (Å²) in [4.78, 5) is 4.78. The SMILES string of the molecule is C[SiH](C)OC(c1ccc2cc(N)ccc2n1)C(C)(C)C. The Bertz CT molecular complexity index is 605. The number of aromatic nitrogens is 1. The van der Waals surface area contributed by atoms with Crippen molar-refractivity contribution in [2.75, 3.05) is 5.73 Å². The number of benzene rings is 1. The molecule has 2 rings (SSSR count). The highest BCUT2D eigenvalue weighted by molar-refractivity contribution is 6.48. The Morgan fingerprint density at radius 2 is 1.85 bits per heavy atom. The second-order valence-corrected chi connectivity index (χ2v) is 8.99. The van der Waals surface area contributed by atoms with E-state index >= 15 is 0 Å². The van der Waals surface area contributed by atoms with E-state index in [1.165, 1.54) is 0 Å². The minimum atomic E-state index is -1.13. The molecule has 0 saturated carbocycles. The van der Waals surface area contributed by atoms with E-state index in [0.717, 1.165) is 22.3 Å². The molecule has 0 aliphatic rings. The largest absolute Gasteiger partial charge is 0.412 e. The van der Waals surface area contributed by atoms with E-state index < -0.39 is 9.04 Å². The predicted molar refractivity (Wildman–Crippen MR) is 88.3 cm³/mol. The Labute approximate surface area is 122 Å². The quantitative estimate of drug-likeness (QED) is 0.688. The lowest BCUT2D eigenvalue weighted by atomic mass is 9.87. The minimum Gasteiger partial charge on any atom is -0.412 e. The third-order valence-corrected chi connectivity index (χ3v) is 4.01. The molecule has 1 aromatic heterocycles. The smallest absolute Gasteiger partial charge is 0.171 e. The maximum absolute atomic E-state index is 6.23. The van der Waals surface area contributed by atoms with Gasteiger partial charge in [-0.25, -0.2) is 0 Å². The van der Waals surface area contributed by atoms with Crippen LogP contribution in [0.3, 0.4) is 0 Å². The van der Waals surface area contributed by atoms with Gasteiger partial charge in [-0.2, -0.15) is 0 Å². The highest BCUT2D eigenvalue weighted by atomic mass is 28.3. The van der Waals surface area contributed by atoms with E-state index in [1.807, 2.05) is 18.2 Å². The van der Waals surface area contributed by atoms with Crippen molar-refractivity contribution in [3.8, 4) is 0 Å². The highest BCUT2D eigenvalue weighted by Gasteiger charge is 2.29. The molecule has 0 amide bonds. The molecule has 0 aliphatic carbocycles. The third kappa shape index (κ3) is 3.38. The summed E-state index contributed by atoms with van der Waals surface area (Å²) in [6.45, 7) is 11.0. The fraction of sp³-hybridized carbons (Fsp3) is 0.438. The van der Waals surface area contributed by atoms with Crippen LogP contribution >= 0.6 is 0 Å². The molecule has 0 spiro atoms. The molecule has 0 radical (unpaired) electrons. The molecule has 0 fully saturated rings. The maximum Gasteiger partial charge on any atom is 0.171 e. The standard InChI is InChI=1S/C16H24N2OSi/c1-16(2,3)15(19-20(4)5)14-8-6-11-10-12(17)7-9-13(11)18-14/h6-10,15,20H,17H2,1-5H3. The number of anilines is 1. The van der Waals surface area contributed by atoms with Gasteiger partial charge in [0.1, 0.15) is 0 Å². The first kappa shape index (κ1) is 15.0. The molecule has 1 unspecified atom stereocenters. The molecule has 0 bridgehead atoms. The van der Waals surface area contributed by atoms with Crippen molar-refractivity contribution in [2.24, 2.45) is 5.41 Å². The lowest BCUT2D eigenvalue weighted by Crippen LogP contribution is -2.26. The molecule has 0 aliphatic heterocycles. The molecule has 108 valence electrons. The molecule has 1 atom stereocenters. The molecule has 20 heavy (non-hydrogen) atoms. The first-order chi connectivity index (χ1) is 9.27. The molecule has 2 N–H and O–H groups in total. The molecule has 3 nitrogen and oxygen atoms in total. The number of rotatable bonds is 3. The first-order valence-corrected chi connectivity index (χ1v) is 9.87. The fourth-order valence-electron chi connectivity index (χ4n) is 2.30. The summed E-state index contributed by atoms with van der Waals surface area (Å²) in [6, 6.07) is 9.96. The van der Waals surface area contributed by atoms with Gasteiger partial charge in [-0.1, -0.05) is 26.8 Å². The average Bonchev–Trinajstić information content (AvgIpc) is 2.34. The van der Waals surface area contributed by atoms with E-state index in [0.29, 0.717) is 0 Å². The van der Waals surface area contributed by atoms with Crippen molar-refractivity contribution in [3.63, 3.8) is 0 Å². The zero-order valence-electron chi connectivity index (χ0n) is 13.0. The van der Waals surface area contributed by atoms with Crippen LogP contribution in [0.15, 0.2) is 30.3 Å². The van der Waals surface area contributed by atoms with Crippen molar-refractivity contribution in [1.29, 1.82) is 0 Å². The lowest BCUT2D eigenvalue weighted by Gasteiger charge is -2.32. The zero-order valence-corrected chi connectivity index (χ0v) is 14.1. The predicted octanol–water partition coefficient (Wildman–Crippen LogP) is 3.90. The van der Waals surface area contributed by atoms with Gasteiger partial charge in [0.15, 0.2) is 9.04 Å². The van der Waals surface area contributed by atoms with Gasteiger partial charge in [0.05, 0.1) is 17.3 Å². The zero-order chi connectivity index (χ0) is 14.9. The summed E-state index contributed by atoms with van der Waals surface area (Å²) in [7, 11) is -1.13. The van der Waals surface area contributed by atoms with Gasteiger partial charge >= 0.3 is 0 Å². The van der Waals surface area contributed by atoms with Crippen LogP contribution in [0.4, 0.5) is 5.69 Å². The molecule has 0 saturated heterocycles. The maximum atomic E-state index is 6.23. The van der Waals surface area contributed by atoms with Gasteiger partial charge in [-0.3, -0.25) is 4.98 Å². The van der Waals surface area contributed by atoms with Gasteiger partial charge in [0.25, 0.3) is 0 Å². The lowest BCUT2D eigenvalue weighted by molar-refractivity contribution is 0.0830. The summed E-state index contributed by atoms with van der Waals surface area (Å²) in [6.07, 6.45) is 0.0381. The van der Waals surface area contributed by atoms with Crippen LogP contribution in [-0.2, 0) is 4.43 Å². The summed E-state index contributed by atoms with van der Waals surface area (Å²) >= 11 is 0. The summed E-state index contributed by atoms with van der Waals surface area (Å²) in [5, 5.41) is 1.07. The Hall–Kier alpha value is -1.39. The van der Waals surface area contributed by atoms with Crippen molar-refractivity contribution >= 4 is 25.6 Å². The summed E-state index contributed by atoms with van der Waals surface area (Å²) in [5.41, 5.74) is 8.59. The fourth-order valence-corrected chi connectivity index (χ4v) is 3.39. The molecular weight excluding hydrogens is 264 g/mol. The average molecular weight is 288 g/mol. The van der Waals surface area contributed by atoms with E-state index in [-0.39, 0.29) is 11.5 Å². The number of nitrogens with two attached hydrogens (primary N) is 1. The molecular formula is C16H24N2OSi. The van der Waals surface area contributed by atoms with Crippen molar-refractivity contribution < 1.29 is 4.43 Å². The molecule has 1 heterocycles. The van der Waals surface area contributed by atoms with Crippen LogP contribution in [0, 0.1) is 5.41 Å². The summed E-state index contributed by atoms with van der Waals surface area (Å²) in [5.74, 6) is 0. The second kappa shape index (κ2) is 5.54. The van der Waals surface area contributed by atoms with Gasteiger partial charge in [-0.15, -0.1) is 0 Å². The Morgan fingerprint density at radius 1 is 1.15 bits per heavy atom. The normalized spacial score (nSPS) is 13.9. The van der Waals surface area contributed by atoms with Crippen LogP contribution in [0.2, 0.25) is 13.1 Å². The van der Waals surface area contributed by atoms with Crippen LogP contribution in [0.5, 0.6) is 0 Å².